The first-order valence-corrected chi connectivity index (χ1v) is 6.32. The highest BCUT2D eigenvalue weighted by molar-refractivity contribution is 5.41. The van der Waals surface area contributed by atoms with Crippen LogP contribution < -0.4 is 5.73 Å². The predicted molar refractivity (Wildman–Crippen MR) is 67.0 cm³/mol. The second-order valence-corrected chi connectivity index (χ2v) is 4.97. The Bertz CT molecular complexity index is 380. The van der Waals surface area contributed by atoms with Crippen molar-refractivity contribution in [3.63, 3.8) is 0 Å². The number of nitrogen functional groups attached to an aromatic ring is 1. The second kappa shape index (κ2) is 5.50. The molecule has 2 N–H and O–H groups in total. The van der Waals surface area contributed by atoms with E-state index in [1.54, 1.807) is 6.07 Å². The van der Waals surface area contributed by atoms with Crippen LogP contribution in [0.1, 0.15) is 38.2 Å². The van der Waals surface area contributed by atoms with E-state index >= 15 is 0 Å². The Morgan fingerprint density at radius 3 is 2.82 bits per heavy atom. The first kappa shape index (κ1) is 12.4. The van der Waals surface area contributed by atoms with Crippen molar-refractivity contribution in [3.8, 4) is 0 Å². The minimum atomic E-state index is -0.359. The summed E-state index contributed by atoms with van der Waals surface area (Å²) in [7, 11) is 0. The lowest BCUT2D eigenvalue weighted by molar-refractivity contribution is -0.0155. The summed E-state index contributed by atoms with van der Waals surface area (Å²) in [4.78, 5) is 0. The fourth-order valence-corrected chi connectivity index (χ4v) is 2.39. The van der Waals surface area contributed by atoms with Crippen LogP contribution in [0.4, 0.5) is 10.1 Å². The topological polar surface area (TPSA) is 35.2 Å². The molecular formula is C14H20FNO. The molecule has 3 heteroatoms. The molecule has 0 aromatic heterocycles. The molecule has 1 aromatic carbocycles. The maximum atomic E-state index is 13.2. The van der Waals surface area contributed by atoms with Crippen molar-refractivity contribution < 1.29 is 9.13 Å². The minimum absolute atomic E-state index is 0.194. The van der Waals surface area contributed by atoms with Gasteiger partial charge in [-0.3, -0.25) is 0 Å². The molecule has 0 heterocycles. The summed E-state index contributed by atoms with van der Waals surface area (Å²) in [5, 5.41) is 0. The van der Waals surface area contributed by atoms with E-state index in [1.807, 2.05) is 6.07 Å². The van der Waals surface area contributed by atoms with Crippen LogP contribution in [0.15, 0.2) is 18.2 Å². The van der Waals surface area contributed by atoms with Crippen LogP contribution in [0.3, 0.4) is 0 Å². The molecular weight excluding hydrogens is 217 g/mol. The summed E-state index contributed by atoms with van der Waals surface area (Å²) >= 11 is 0. The van der Waals surface area contributed by atoms with E-state index in [9.17, 15) is 4.39 Å². The minimum Gasteiger partial charge on any atom is -0.396 e. The molecule has 1 aliphatic carbocycles. The predicted octanol–water partition coefficient (Wildman–Crippen LogP) is 3.50. The molecule has 1 aliphatic rings. The van der Waals surface area contributed by atoms with Crippen LogP contribution >= 0.6 is 0 Å². The van der Waals surface area contributed by atoms with Gasteiger partial charge in [0.25, 0.3) is 0 Å². The molecule has 17 heavy (non-hydrogen) atoms. The molecule has 0 bridgehead atoms. The summed E-state index contributed by atoms with van der Waals surface area (Å²) in [6.07, 6.45) is 5.23. The van der Waals surface area contributed by atoms with Crippen molar-refractivity contribution in [3.05, 3.63) is 29.6 Å². The third kappa shape index (κ3) is 3.19. The Hall–Kier alpha value is -1.09. The van der Waals surface area contributed by atoms with Gasteiger partial charge >= 0.3 is 0 Å². The van der Waals surface area contributed by atoms with Crippen LogP contribution in [0.2, 0.25) is 0 Å². The number of benzene rings is 1. The maximum Gasteiger partial charge on any atom is 0.146 e. The Kier molecular flexibility index (Phi) is 4.00. The van der Waals surface area contributed by atoms with E-state index in [1.165, 1.54) is 25.3 Å². The number of halogens is 1. The average molecular weight is 237 g/mol. The molecule has 0 saturated heterocycles. The van der Waals surface area contributed by atoms with Gasteiger partial charge in [0.15, 0.2) is 0 Å². The average Bonchev–Trinajstić information content (AvgIpc) is 2.32. The first-order valence-electron chi connectivity index (χ1n) is 6.32. The molecule has 2 rings (SSSR count). The molecule has 2 nitrogen and oxygen atoms in total. The lowest BCUT2D eigenvalue weighted by atomic mass is 9.88. The lowest BCUT2D eigenvalue weighted by Crippen LogP contribution is -2.25. The summed E-state index contributed by atoms with van der Waals surface area (Å²) in [5.41, 5.74) is 6.48. The van der Waals surface area contributed by atoms with Crippen LogP contribution in [0.25, 0.3) is 0 Å². The highest BCUT2D eigenvalue weighted by Crippen LogP contribution is 2.27. The van der Waals surface area contributed by atoms with Gasteiger partial charge in [0.1, 0.15) is 5.82 Å². The van der Waals surface area contributed by atoms with Crippen molar-refractivity contribution in [1.29, 1.82) is 0 Å². The quantitative estimate of drug-likeness (QED) is 0.816. The molecule has 2 unspecified atom stereocenters. The molecule has 0 radical (unpaired) electrons. The van der Waals surface area contributed by atoms with Gasteiger partial charge in [-0.15, -0.1) is 0 Å². The Morgan fingerprint density at radius 1 is 1.35 bits per heavy atom. The van der Waals surface area contributed by atoms with E-state index < -0.39 is 0 Å². The van der Waals surface area contributed by atoms with E-state index in [0.29, 0.717) is 18.6 Å². The number of hydrogen-bond donors (Lipinski definition) is 1. The van der Waals surface area contributed by atoms with Gasteiger partial charge < -0.3 is 10.5 Å². The van der Waals surface area contributed by atoms with E-state index in [4.69, 9.17) is 10.5 Å². The normalized spacial score (nSPS) is 24.8. The van der Waals surface area contributed by atoms with Crippen molar-refractivity contribution in [2.24, 2.45) is 5.92 Å². The van der Waals surface area contributed by atoms with Crippen LogP contribution in [-0.4, -0.2) is 6.10 Å². The van der Waals surface area contributed by atoms with Crippen molar-refractivity contribution in [2.75, 3.05) is 5.73 Å². The zero-order valence-electron chi connectivity index (χ0n) is 10.3. The third-order valence-electron chi connectivity index (χ3n) is 3.56. The van der Waals surface area contributed by atoms with Gasteiger partial charge in [-0.25, -0.2) is 4.39 Å². The van der Waals surface area contributed by atoms with E-state index in [0.717, 1.165) is 12.0 Å². The number of rotatable bonds is 3. The van der Waals surface area contributed by atoms with Gasteiger partial charge in [0.2, 0.25) is 0 Å². The molecule has 1 aromatic rings. The molecule has 0 aliphatic heterocycles. The SMILES string of the molecule is CC1CCCCC1OCc1ccc(N)c(F)c1. The zero-order valence-corrected chi connectivity index (χ0v) is 10.3. The summed E-state index contributed by atoms with van der Waals surface area (Å²) in [6, 6.07) is 4.88. The van der Waals surface area contributed by atoms with Gasteiger partial charge in [0.05, 0.1) is 18.4 Å². The molecule has 1 fully saturated rings. The van der Waals surface area contributed by atoms with Gasteiger partial charge in [0, 0.05) is 0 Å². The van der Waals surface area contributed by atoms with Crippen LogP contribution in [0, 0.1) is 11.7 Å². The van der Waals surface area contributed by atoms with E-state index in [2.05, 4.69) is 6.92 Å². The molecule has 0 spiro atoms. The molecule has 1 saturated carbocycles. The first-order chi connectivity index (χ1) is 8.16. The summed E-state index contributed by atoms with van der Waals surface area (Å²) in [5.74, 6) is 0.255. The van der Waals surface area contributed by atoms with E-state index in [-0.39, 0.29) is 11.5 Å². The monoisotopic (exact) mass is 237 g/mol. The third-order valence-corrected chi connectivity index (χ3v) is 3.56. The zero-order chi connectivity index (χ0) is 12.3. The summed E-state index contributed by atoms with van der Waals surface area (Å²) in [6.45, 7) is 2.71. The highest BCUT2D eigenvalue weighted by Gasteiger charge is 2.21. The van der Waals surface area contributed by atoms with Crippen molar-refractivity contribution in [1.82, 2.24) is 0 Å². The van der Waals surface area contributed by atoms with Gasteiger partial charge in [-0.2, -0.15) is 0 Å². The van der Waals surface area contributed by atoms with Crippen molar-refractivity contribution >= 4 is 5.69 Å². The summed E-state index contributed by atoms with van der Waals surface area (Å²) < 4.78 is 19.1. The Morgan fingerprint density at radius 2 is 2.12 bits per heavy atom. The highest BCUT2D eigenvalue weighted by atomic mass is 19.1. The fourth-order valence-electron chi connectivity index (χ4n) is 2.39. The standard InChI is InChI=1S/C14H20FNO/c1-10-4-2-3-5-14(10)17-9-11-6-7-13(16)12(15)8-11/h6-8,10,14H,2-5,9,16H2,1H3. The number of nitrogens with two attached hydrogens (primary N) is 1. The van der Waals surface area contributed by atoms with Gasteiger partial charge in [-0.1, -0.05) is 25.8 Å². The largest absolute Gasteiger partial charge is 0.396 e. The molecule has 0 amide bonds. The van der Waals surface area contributed by atoms with Crippen LogP contribution in [0.5, 0.6) is 0 Å². The Labute approximate surface area is 102 Å². The fraction of sp³-hybridized carbons (Fsp3) is 0.571. The number of anilines is 1. The smallest absolute Gasteiger partial charge is 0.146 e. The maximum absolute atomic E-state index is 13.2. The van der Waals surface area contributed by atoms with Crippen molar-refractivity contribution in [2.45, 2.75) is 45.3 Å². The lowest BCUT2D eigenvalue weighted by Gasteiger charge is -2.28. The Balaban J connectivity index is 1.90. The number of hydrogen-bond acceptors (Lipinski definition) is 2. The van der Waals surface area contributed by atoms with Gasteiger partial charge in [-0.05, 0) is 36.5 Å². The second-order valence-electron chi connectivity index (χ2n) is 4.97. The van der Waals surface area contributed by atoms with Crippen LogP contribution in [-0.2, 0) is 11.3 Å². The molecule has 94 valence electrons. The molecule has 2 atom stereocenters. The number of ether oxygens (including phenoxy) is 1.